The van der Waals surface area contributed by atoms with Gasteiger partial charge in [0.05, 0.1) is 22.9 Å². The van der Waals surface area contributed by atoms with E-state index in [2.05, 4.69) is 23.3 Å². The SMILES string of the molecule is Cc1ccc2nc(-c3ccc(NC(=O)C4CC(O)CN4C(=O)OC(C)(C)C)cc3)sc2c1. The maximum atomic E-state index is 12.9. The number of fused-ring (bicyclic) bond motifs is 1. The number of carbonyl (C=O) groups is 2. The third-order valence-electron chi connectivity index (χ3n) is 5.15. The first-order valence-electron chi connectivity index (χ1n) is 10.6. The molecule has 2 unspecified atom stereocenters. The molecule has 2 heterocycles. The Morgan fingerprint density at radius 3 is 2.59 bits per heavy atom. The standard InChI is InChI=1S/C24H27N3O4S/c1-14-5-10-18-20(11-14)32-22(26-18)15-6-8-16(9-7-15)25-21(29)19-12-17(28)13-27(19)23(30)31-24(2,3)4/h5-11,17,19,28H,12-13H2,1-4H3,(H,25,29). The highest BCUT2D eigenvalue weighted by Crippen LogP contribution is 2.31. The van der Waals surface area contributed by atoms with Gasteiger partial charge in [0.25, 0.3) is 0 Å². The Labute approximate surface area is 191 Å². The highest BCUT2D eigenvalue weighted by Gasteiger charge is 2.40. The van der Waals surface area contributed by atoms with Crippen molar-refractivity contribution in [2.75, 3.05) is 11.9 Å². The predicted molar refractivity (Wildman–Crippen MR) is 126 cm³/mol. The fourth-order valence-corrected chi connectivity index (χ4v) is 4.73. The third-order valence-corrected chi connectivity index (χ3v) is 6.22. The Kier molecular flexibility index (Phi) is 5.92. The lowest BCUT2D eigenvalue weighted by Crippen LogP contribution is -2.45. The fourth-order valence-electron chi connectivity index (χ4n) is 3.66. The molecule has 1 aliphatic heterocycles. The largest absolute Gasteiger partial charge is 0.444 e. The summed E-state index contributed by atoms with van der Waals surface area (Å²) in [7, 11) is 0. The van der Waals surface area contributed by atoms with Gasteiger partial charge in [0.1, 0.15) is 16.7 Å². The predicted octanol–water partition coefficient (Wildman–Crippen LogP) is 4.58. The van der Waals surface area contributed by atoms with Crippen LogP contribution in [0.4, 0.5) is 10.5 Å². The van der Waals surface area contributed by atoms with Gasteiger partial charge in [0.15, 0.2) is 0 Å². The van der Waals surface area contributed by atoms with Crippen molar-refractivity contribution in [3.63, 3.8) is 0 Å². The number of rotatable bonds is 3. The highest BCUT2D eigenvalue weighted by atomic mass is 32.1. The Hall–Kier alpha value is -2.97. The minimum absolute atomic E-state index is 0.0724. The minimum atomic E-state index is -0.785. The van der Waals surface area contributed by atoms with E-state index >= 15 is 0 Å². The number of aliphatic hydroxyl groups excluding tert-OH is 1. The van der Waals surface area contributed by atoms with Gasteiger partial charge in [-0.15, -0.1) is 11.3 Å². The Balaban J connectivity index is 1.46. The van der Waals surface area contributed by atoms with Gasteiger partial charge in [0.2, 0.25) is 5.91 Å². The minimum Gasteiger partial charge on any atom is -0.444 e. The number of aryl methyl sites for hydroxylation is 1. The van der Waals surface area contributed by atoms with Crippen molar-refractivity contribution in [2.45, 2.75) is 51.9 Å². The Bertz CT molecular complexity index is 1150. The molecule has 7 nitrogen and oxygen atoms in total. The van der Waals surface area contributed by atoms with Crippen LogP contribution in [0.15, 0.2) is 42.5 Å². The maximum absolute atomic E-state index is 12.9. The number of benzene rings is 2. The zero-order valence-electron chi connectivity index (χ0n) is 18.6. The second-order valence-electron chi connectivity index (χ2n) is 9.09. The topological polar surface area (TPSA) is 91.8 Å². The molecular weight excluding hydrogens is 426 g/mol. The Morgan fingerprint density at radius 2 is 1.91 bits per heavy atom. The molecular formula is C24H27N3O4S. The average molecular weight is 454 g/mol. The molecule has 3 aromatic rings. The Morgan fingerprint density at radius 1 is 1.19 bits per heavy atom. The summed E-state index contributed by atoms with van der Waals surface area (Å²) in [5.41, 5.74) is 3.06. The van der Waals surface area contributed by atoms with Crippen molar-refractivity contribution < 1.29 is 19.4 Å². The number of β-amino-alcohol motifs (C(OH)–C–C–N with tert-alkyl or cyclic N) is 1. The molecule has 1 aromatic heterocycles. The van der Waals surface area contributed by atoms with Gasteiger partial charge < -0.3 is 15.2 Å². The van der Waals surface area contributed by atoms with E-state index in [4.69, 9.17) is 4.74 Å². The molecule has 1 aliphatic rings. The molecule has 168 valence electrons. The molecule has 2 amide bonds. The van der Waals surface area contributed by atoms with E-state index in [9.17, 15) is 14.7 Å². The number of hydrogen-bond acceptors (Lipinski definition) is 6. The van der Waals surface area contributed by atoms with Gasteiger partial charge >= 0.3 is 6.09 Å². The number of amides is 2. The second-order valence-corrected chi connectivity index (χ2v) is 10.1. The molecule has 1 saturated heterocycles. The van der Waals surface area contributed by atoms with Crippen molar-refractivity contribution in [2.24, 2.45) is 0 Å². The monoisotopic (exact) mass is 453 g/mol. The smallest absolute Gasteiger partial charge is 0.411 e. The first-order chi connectivity index (χ1) is 15.1. The summed E-state index contributed by atoms with van der Waals surface area (Å²) >= 11 is 1.63. The molecule has 0 aliphatic carbocycles. The van der Waals surface area contributed by atoms with E-state index in [1.165, 1.54) is 10.5 Å². The van der Waals surface area contributed by atoms with E-state index in [0.717, 1.165) is 20.8 Å². The lowest BCUT2D eigenvalue weighted by Gasteiger charge is -2.27. The van der Waals surface area contributed by atoms with Gasteiger partial charge in [-0.05, 0) is 69.7 Å². The van der Waals surface area contributed by atoms with Crippen LogP contribution in [0.1, 0.15) is 32.8 Å². The van der Waals surface area contributed by atoms with E-state index in [-0.39, 0.29) is 18.9 Å². The average Bonchev–Trinajstić information content (AvgIpc) is 3.30. The number of thiazole rings is 1. The highest BCUT2D eigenvalue weighted by molar-refractivity contribution is 7.21. The number of aromatic nitrogens is 1. The van der Waals surface area contributed by atoms with E-state index in [0.29, 0.717) is 5.69 Å². The molecule has 2 aromatic carbocycles. The van der Waals surface area contributed by atoms with Crippen molar-refractivity contribution in [1.29, 1.82) is 0 Å². The summed E-state index contributed by atoms with van der Waals surface area (Å²) in [6, 6.07) is 12.9. The molecule has 0 spiro atoms. The summed E-state index contributed by atoms with van der Waals surface area (Å²) in [4.78, 5) is 31.3. The molecule has 0 bridgehead atoms. The number of aliphatic hydroxyl groups is 1. The van der Waals surface area contributed by atoms with Crippen LogP contribution in [-0.4, -0.2) is 51.3 Å². The molecule has 2 N–H and O–H groups in total. The lowest BCUT2D eigenvalue weighted by atomic mass is 10.1. The van der Waals surface area contributed by atoms with Crippen LogP contribution >= 0.6 is 11.3 Å². The van der Waals surface area contributed by atoms with E-state index in [1.54, 1.807) is 32.1 Å². The molecule has 0 saturated carbocycles. The number of nitrogens with zero attached hydrogens (tertiary/aromatic N) is 2. The first-order valence-corrected chi connectivity index (χ1v) is 11.4. The van der Waals surface area contributed by atoms with Crippen LogP contribution in [0, 0.1) is 6.92 Å². The first kappa shape index (κ1) is 22.2. The molecule has 4 rings (SSSR count). The molecule has 32 heavy (non-hydrogen) atoms. The number of ether oxygens (including phenoxy) is 1. The van der Waals surface area contributed by atoms with Crippen molar-refractivity contribution >= 4 is 39.2 Å². The summed E-state index contributed by atoms with van der Waals surface area (Å²) < 4.78 is 6.53. The molecule has 1 fully saturated rings. The fraction of sp³-hybridized carbons (Fsp3) is 0.375. The van der Waals surface area contributed by atoms with Gasteiger partial charge in [-0.2, -0.15) is 0 Å². The van der Waals surface area contributed by atoms with Crippen LogP contribution in [0.25, 0.3) is 20.8 Å². The molecule has 8 heteroatoms. The van der Waals surface area contributed by atoms with Crippen LogP contribution in [0.2, 0.25) is 0 Å². The zero-order valence-corrected chi connectivity index (χ0v) is 19.4. The van der Waals surface area contributed by atoms with Crippen LogP contribution in [0.5, 0.6) is 0 Å². The summed E-state index contributed by atoms with van der Waals surface area (Å²) in [5, 5.41) is 13.8. The molecule has 0 radical (unpaired) electrons. The van der Waals surface area contributed by atoms with Gasteiger partial charge in [-0.1, -0.05) is 6.07 Å². The summed E-state index contributed by atoms with van der Waals surface area (Å²) in [6.45, 7) is 7.43. The third kappa shape index (κ3) is 4.92. The lowest BCUT2D eigenvalue weighted by molar-refractivity contribution is -0.120. The number of hydrogen-bond donors (Lipinski definition) is 2. The van der Waals surface area contributed by atoms with Crippen LogP contribution in [0.3, 0.4) is 0 Å². The number of anilines is 1. The van der Waals surface area contributed by atoms with E-state index in [1.807, 2.05) is 36.4 Å². The zero-order chi connectivity index (χ0) is 23.0. The second kappa shape index (κ2) is 8.52. The van der Waals surface area contributed by atoms with E-state index < -0.39 is 23.8 Å². The van der Waals surface area contributed by atoms with Gasteiger partial charge in [0, 0.05) is 17.7 Å². The summed E-state index contributed by atoms with van der Waals surface area (Å²) in [5.74, 6) is -0.351. The number of nitrogens with one attached hydrogen (secondary N) is 1. The number of likely N-dealkylation sites (tertiary alicyclic amines) is 1. The quantitative estimate of drug-likeness (QED) is 0.606. The van der Waals surface area contributed by atoms with Gasteiger partial charge in [-0.25, -0.2) is 9.78 Å². The van der Waals surface area contributed by atoms with Crippen LogP contribution < -0.4 is 5.32 Å². The van der Waals surface area contributed by atoms with Crippen molar-refractivity contribution in [1.82, 2.24) is 9.88 Å². The normalized spacial score (nSPS) is 18.7. The summed E-state index contributed by atoms with van der Waals surface area (Å²) in [6.07, 6.45) is -1.19. The van der Waals surface area contributed by atoms with Crippen LogP contribution in [-0.2, 0) is 9.53 Å². The number of carbonyl (C=O) groups excluding carboxylic acids is 2. The van der Waals surface area contributed by atoms with Gasteiger partial charge in [-0.3, -0.25) is 9.69 Å². The van der Waals surface area contributed by atoms with Crippen molar-refractivity contribution in [3.8, 4) is 10.6 Å². The van der Waals surface area contributed by atoms with Crippen molar-refractivity contribution in [3.05, 3.63) is 48.0 Å². The maximum Gasteiger partial charge on any atom is 0.411 e. The molecule has 2 atom stereocenters.